The lowest BCUT2D eigenvalue weighted by atomic mass is 9.83. The van der Waals surface area contributed by atoms with Crippen LogP contribution in [0.3, 0.4) is 0 Å². The van der Waals surface area contributed by atoms with Crippen LogP contribution in [-0.2, 0) is 0 Å². The highest BCUT2D eigenvalue weighted by Gasteiger charge is 2.28. The Bertz CT molecular complexity index is 266. The van der Waals surface area contributed by atoms with Crippen LogP contribution in [-0.4, -0.2) is 80.1 Å². The predicted molar refractivity (Wildman–Crippen MR) is 85.9 cm³/mol. The molecule has 0 radical (unpaired) electrons. The number of piperazine rings is 1. The summed E-state index contributed by atoms with van der Waals surface area (Å²) in [6, 6.07) is 0.699. The van der Waals surface area contributed by atoms with E-state index in [-0.39, 0.29) is 0 Å². The number of piperidine rings is 1. The number of nitrogens with two attached hydrogens (primary N) is 1. The maximum Gasteiger partial charge on any atom is 0.0110 e. The van der Waals surface area contributed by atoms with Crippen molar-refractivity contribution in [2.24, 2.45) is 17.6 Å². The van der Waals surface area contributed by atoms with Crippen LogP contribution in [0.5, 0.6) is 0 Å². The van der Waals surface area contributed by atoms with Crippen molar-refractivity contribution < 1.29 is 0 Å². The van der Waals surface area contributed by atoms with Crippen LogP contribution >= 0.6 is 0 Å². The van der Waals surface area contributed by atoms with Crippen molar-refractivity contribution in [1.29, 1.82) is 0 Å². The molecule has 0 aromatic carbocycles. The van der Waals surface area contributed by atoms with Crippen molar-refractivity contribution in [2.75, 3.05) is 59.4 Å². The zero-order valence-electron chi connectivity index (χ0n) is 13.7. The Morgan fingerprint density at radius 1 is 1.00 bits per heavy atom. The molecule has 2 N–H and O–H groups in total. The second-order valence-electron chi connectivity index (χ2n) is 7.07. The molecule has 0 bridgehead atoms. The summed E-state index contributed by atoms with van der Waals surface area (Å²) >= 11 is 0. The molecule has 2 aliphatic rings. The second-order valence-corrected chi connectivity index (χ2v) is 7.07. The van der Waals surface area contributed by atoms with Crippen molar-refractivity contribution >= 4 is 0 Å². The smallest absolute Gasteiger partial charge is 0.0110 e. The van der Waals surface area contributed by atoms with E-state index in [4.69, 9.17) is 5.73 Å². The number of hydrogen-bond acceptors (Lipinski definition) is 4. The van der Waals surface area contributed by atoms with Gasteiger partial charge in [0.1, 0.15) is 0 Å². The van der Waals surface area contributed by atoms with E-state index in [1.54, 1.807) is 0 Å². The molecule has 0 amide bonds. The molecule has 1 atom stereocenters. The molecular weight excluding hydrogens is 248 g/mol. The van der Waals surface area contributed by atoms with Crippen molar-refractivity contribution in [1.82, 2.24) is 14.7 Å². The van der Waals surface area contributed by atoms with Crippen LogP contribution in [0.15, 0.2) is 0 Å². The summed E-state index contributed by atoms with van der Waals surface area (Å²) in [6.07, 6.45) is 2.68. The average Bonchev–Trinajstić information content (AvgIpc) is 2.47. The minimum absolute atomic E-state index is 0.699. The SMILES string of the molecule is CC(C)N1CCC(C(CN)CN2CCN(C)CC2)CC1. The van der Waals surface area contributed by atoms with Crippen molar-refractivity contribution in [2.45, 2.75) is 32.7 Å². The van der Waals surface area contributed by atoms with E-state index in [2.05, 4.69) is 35.6 Å². The van der Waals surface area contributed by atoms with Crippen molar-refractivity contribution in [3.05, 3.63) is 0 Å². The quantitative estimate of drug-likeness (QED) is 0.814. The van der Waals surface area contributed by atoms with Gasteiger partial charge in [-0.05, 0) is 65.2 Å². The first-order chi connectivity index (χ1) is 9.60. The van der Waals surface area contributed by atoms with Gasteiger partial charge in [-0.1, -0.05) is 0 Å². The minimum Gasteiger partial charge on any atom is -0.330 e. The Labute approximate surface area is 125 Å². The third kappa shape index (κ3) is 4.42. The predicted octanol–water partition coefficient (Wildman–Crippen LogP) is 0.929. The third-order valence-corrected chi connectivity index (χ3v) is 5.36. The van der Waals surface area contributed by atoms with E-state index < -0.39 is 0 Å². The van der Waals surface area contributed by atoms with Gasteiger partial charge in [0.15, 0.2) is 0 Å². The van der Waals surface area contributed by atoms with E-state index in [1.165, 1.54) is 58.7 Å². The summed E-state index contributed by atoms with van der Waals surface area (Å²) in [5, 5.41) is 0. The maximum absolute atomic E-state index is 6.09. The van der Waals surface area contributed by atoms with Crippen molar-refractivity contribution in [3.8, 4) is 0 Å². The number of likely N-dealkylation sites (tertiary alicyclic amines) is 1. The molecule has 2 saturated heterocycles. The summed E-state index contributed by atoms with van der Waals surface area (Å²) in [4.78, 5) is 7.67. The van der Waals surface area contributed by atoms with Gasteiger partial charge in [0, 0.05) is 38.8 Å². The zero-order chi connectivity index (χ0) is 14.5. The largest absolute Gasteiger partial charge is 0.330 e. The van der Waals surface area contributed by atoms with Gasteiger partial charge >= 0.3 is 0 Å². The van der Waals surface area contributed by atoms with E-state index in [0.717, 1.165) is 12.5 Å². The van der Waals surface area contributed by atoms with Crippen molar-refractivity contribution in [3.63, 3.8) is 0 Å². The standard InChI is InChI=1S/C16H34N4/c1-14(2)20-6-4-15(5-7-20)16(12-17)13-19-10-8-18(3)9-11-19/h14-16H,4-13,17H2,1-3H3. The molecule has 1 unspecified atom stereocenters. The molecule has 4 nitrogen and oxygen atoms in total. The van der Waals surface area contributed by atoms with Crippen LogP contribution in [0.4, 0.5) is 0 Å². The summed E-state index contributed by atoms with van der Waals surface area (Å²) in [5.74, 6) is 1.54. The van der Waals surface area contributed by atoms with E-state index >= 15 is 0 Å². The van der Waals surface area contributed by atoms with E-state index in [9.17, 15) is 0 Å². The van der Waals surface area contributed by atoms with Gasteiger partial charge in [-0.2, -0.15) is 0 Å². The highest BCUT2D eigenvalue weighted by atomic mass is 15.2. The Morgan fingerprint density at radius 3 is 2.10 bits per heavy atom. The maximum atomic E-state index is 6.09. The lowest BCUT2D eigenvalue weighted by molar-refractivity contribution is 0.0852. The molecule has 2 heterocycles. The molecular formula is C16H34N4. The Balaban J connectivity index is 1.77. The lowest BCUT2D eigenvalue weighted by Crippen LogP contribution is -2.49. The van der Waals surface area contributed by atoms with Crippen LogP contribution in [0, 0.1) is 11.8 Å². The molecule has 0 aliphatic carbocycles. The normalized spacial score (nSPS) is 26.2. The Kier molecular flexibility index (Phi) is 6.27. The lowest BCUT2D eigenvalue weighted by Gasteiger charge is -2.40. The molecule has 118 valence electrons. The molecule has 0 spiro atoms. The van der Waals surface area contributed by atoms with Gasteiger partial charge in [-0.15, -0.1) is 0 Å². The van der Waals surface area contributed by atoms with Crippen LogP contribution < -0.4 is 5.73 Å². The molecule has 20 heavy (non-hydrogen) atoms. The van der Waals surface area contributed by atoms with E-state index in [1.807, 2.05) is 0 Å². The molecule has 0 aromatic heterocycles. The van der Waals surface area contributed by atoms with Crippen LogP contribution in [0.1, 0.15) is 26.7 Å². The van der Waals surface area contributed by atoms with Crippen LogP contribution in [0.25, 0.3) is 0 Å². The summed E-state index contributed by atoms with van der Waals surface area (Å²) in [7, 11) is 2.22. The topological polar surface area (TPSA) is 35.7 Å². The van der Waals surface area contributed by atoms with Gasteiger partial charge in [-0.25, -0.2) is 0 Å². The first-order valence-electron chi connectivity index (χ1n) is 8.45. The first kappa shape index (κ1) is 16.2. The number of nitrogens with zero attached hydrogens (tertiary/aromatic N) is 3. The molecule has 0 saturated carbocycles. The fourth-order valence-corrected chi connectivity index (χ4v) is 3.69. The minimum atomic E-state index is 0.699. The Morgan fingerprint density at radius 2 is 1.60 bits per heavy atom. The van der Waals surface area contributed by atoms with E-state index in [0.29, 0.717) is 12.0 Å². The highest BCUT2D eigenvalue weighted by molar-refractivity contribution is 4.82. The fourth-order valence-electron chi connectivity index (χ4n) is 3.69. The van der Waals surface area contributed by atoms with Gasteiger partial charge in [-0.3, -0.25) is 0 Å². The fraction of sp³-hybridized carbons (Fsp3) is 1.00. The van der Waals surface area contributed by atoms with Gasteiger partial charge in [0.05, 0.1) is 0 Å². The van der Waals surface area contributed by atoms with Crippen LogP contribution in [0.2, 0.25) is 0 Å². The third-order valence-electron chi connectivity index (χ3n) is 5.36. The van der Waals surface area contributed by atoms with Gasteiger partial charge in [0.25, 0.3) is 0 Å². The Hall–Kier alpha value is -0.160. The number of likely N-dealkylation sites (N-methyl/N-ethyl adjacent to an activating group) is 1. The monoisotopic (exact) mass is 282 g/mol. The molecule has 2 aliphatic heterocycles. The summed E-state index contributed by atoms with van der Waals surface area (Å²) < 4.78 is 0. The number of rotatable bonds is 5. The molecule has 2 fully saturated rings. The zero-order valence-corrected chi connectivity index (χ0v) is 13.7. The summed E-state index contributed by atoms with van der Waals surface area (Å²) in [6.45, 7) is 14.1. The van der Waals surface area contributed by atoms with Gasteiger partial charge < -0.3 is 20.4 Å². The first-order valence-corrected chi connectivity index (χ1v) is 8.45. The summed E-state index contributed by atoms with van der Waals surface area (Å²) in [5.41, 5.74) is 6.09. The second kappa shape index (κ2) is 7.74. The van der Waals surface area contributed by atoms with Gasteiger partial charge in [0.2, 0.25) is 0 Å². The molecule has 0 aromatic rings. The number of hydrogen-bond donors (Lipinski definition) is 1. The average molecular weight is 282 g/mol. The molecule has 2 rings (SSSR count). The highest BCUT2D eigenvalue weighted by Crippen LogP contribution is 2.26. The molecule has 4 heteroatoms.